The lowest BCUT2D eigenvalue weighted by Gasteiger charge is -2.36. The van der Waals surface area contributed by atoms with Crippen LogP contribution in [0.4, 0.5) is 0 Å². The molecule has 0 N–H and O–H groups in total. The molecular weight excluding hydrogens is 312 g/mol. The zero-order valence-electron chi connectivity index (χ0n) is 13.6. The summed E-state index contributed by atoms with van der Waals surface area (Å²) in [6.07, 6.45) is 7.91. The molecule has 23 heavy (non-hydrogen) atoms. The first kappa shape index (κ1) is 16.8. The van der Waals surface area contributed by atoms with Gasteiger partial charge in [0.2, 0.25) is 0 Å². The van der Waals surface area contributed by atoms with E-state index in [2.05, 4.69) is 16.0 Å². The van der Waals surface area contributed by atoms with Crippen molar-refractivity contribution >= 4 is 10.2 Å². The smallest absolute Gasteiger partial charge is 0.282 e. The zero-order chi connectivity index (χ0) is 16.1. The van der Waals surface area contributed by atoms with E-state index < -0.39 is 10.2 Å². The highest BCUT2D eigenvalue weighted by Gasteiger charge is 2.32. The van der Waals surface area contributed by atoms with E-state index in [9.17, 15) is 8.42 Å². The third-order valence-electron chi connectivity index (χ3n) is 4.68. The minimum absolute atomic E-state index is 0.582. The molecular formula is C16H26N4O2S. The van der Waals surface area contributed by atoms with Gasteiger partial charge in [-0.05, 0) is 24.5 Å². The molecule has 2 aliphatic rings. The number of hydrogen-bond donors (Lipinski definition) is 0. The van der Waals surface area contributed by atoms with Crippen LogP contribution >= 0.6 is 0 Å². The van der Waals surface area contributed by atoms with Crippen molar-refractivity contribution in [2.45, 2.75) is 32.2 Å². The first-order chi connectivity index (χ1) is 11.2. The summed E-state index contributed by atoms with van der Waals surface area (Å²) < 4.78 is 28.9. The molecule has 128 valence electrons. The summed E-state index contributed by atoms with van der Waals surface area (Å²) >= 11 is 0. The van der Waals surface area contributed by atoms with Gasteiger partial charge in [-0.3, -0.25) is 9.88 Å². The fourth-order valence-electron chi connectivity index (χ4n) is 3.30. The molecule has 6 nitrogen and oxygen atoms in total. The molecule has 7 heteroatoms. The third-order valence-corrected chi connectivity index (χ3v) is 6.71. The molecule has 2 fully saturated rings. The predicted molar refractivity (Wildman–Crippen MR) is 90.0 cm³/mol. The molecule has 0 bridgehead atoms. The topological polar surface area (TPSA) is 56.8 Å². The molecule has 0 unspecified atom stereocenters. The van der Waals surface area contributed by atoms with E-state index in [-0.39, 0.29) is 0 Å². The summed E-state index contributed by atoms with van der Waals surface area (Å²) in [5.41, 5.74) is 1.18. The number of piperazine rings is 1. The van der Waals surface area contributed by atoms with Crippen molar-refractivity contribution in [1.29, 1.82) is 0 Å². The minimum Gasteiger partial charge on any atom is -0.296 e. The number of nitrogens with zero attached hydrogens (tertiary/aromatic N) is 4. The minimum atomic E-state index is -3.28. The van der Waals surface area contributed by atoms with Crippen LogP contribution in [0.5, 0.6) is 0 Å². The van der Waals surface area contributed by atoms with Crippen LogP contribution < -0.4 is 0 Å². The second-order valence-corrected chi connectivity index (χ2v) is 8.29. The van der Waals surface area contributed by atoms with Crippen molar-refractivity contribution in [3.05, 3.63) is 30.1 Å². The standard InChI is InChI=1S/C16H26N4O2S/c21-23(22,19-8-3-1-2-4-9-19)20-12-10-18(11-13-20)15-16-6-5-7-17-14-16/h5-7,14H,1-4,8-13,15H2. The fourth-order valence-corrected chi connectivity index (χ4v) is 4.97. The van der Waals surface area contributed by atoms with Crippen molar-refractivity contribution in [3.63, 3.8) is 0 Å². The molecule has 3 rings (SSSR count). The predicted octanol–water partition coefficient (Wildman–Crippen LogP) is 1.32. The molecule has 0 aromatic carbocycles. The Morgan fingerprint density at radius 2 is 1.57 bits per heavy atom. The fraction of sp³-hybridized carbons (Fsp3) is 0.688. The average molecular weight is 338 g/mol. The Balaban J connectivity index is 1.55. The van der Waals surface area contributed by atoms with Gasteiger partial charge < -0.3 is 0 Å². The zero-order valence-corrected chi connectivity index (χ0v) is 14.4. The molecule has 1 aromatic heterocycles. The van der Waals surface area contributed by atoms with Crippen LogP contribution in [-0.2, 0) is 16.8 Å². The van der Waals surface area contributed by atoms with Gasteiger partial charge >= 0.3 is 0 Å². The monoisotopic (exact) mass is 338 g/mol. The third kappa shape index (κ3) is 4.29. The summed E-state index contributed by atoms with van der Waals surface area (Å²) in [5.74, 6) is 0. The maximum absolute atomic E-state index is 12.8. The number of rotatable bonds is 4. The van der Waals surface area contributed by atoms with Gasteiger partial charge in [-0.25, -0.2) is 0 Å². The highest BCUT2D eigenvalue weighted by molar-refractivity contribution is 7.86. The Hall–Kier alpha value is -1.02. The molecule has 1 aromatic rings. The van der Waals surface area contributed by atoms with Gasteiger partial charge in [0.1, 0.15) is 0 Å². The molecule has 2 saturated heterocycles. The summed E-state index contributed by atoms with van der Waals surface area (Å²) in [6.45, 7) is 4.92. The van der Waals surface area contributed by atoms with Crippen LogP contribution in [0.25, 0.3) is 0 Å². The molecule has 0 aliphatic carbocycles. The highest BCUT2D eigenvalue weighted by Crippen LogP contribution is 2.18. The van der Waals surface area contributed by atoms with Crippen LogP contribution in [0, 0.1) is 0 Å². The molecule has 0 amide bonds. The van der Waals surface area contributed by atoms with E-state index in [1.807, 2.05) is 12.3 Å². The van der Waals surface area contributed by atoms with Crippen molar-refractivity contribution in [2.75, 3.05) is 39.3 Å². The van der Waals surface area contributed by atoms with Crippen LogP contribution in [0.2, 0.25) is 0 Å². The van der Waals surface area contributed by atoms with Gasteiger partial charge in [-0.2, -0.15) is 17.0 Å². The van der Waals surface area contributed by atoms with E-state index in [1.165, 1.54) is 5.56 Å². The van der Waals surface area contributed by atoms with E-state index in [1.54, 1.807) is 14.8 Å². The molecule has 0 spiro atoms. The molecule has 0 radical (unpaired) electrons. The van der Waals surface area contributed by atoms with Gasteiger partial charge in [0, 0.05) is 58.2 Å². The van der Waals surface area contributed by atoms with Crippen molar-refractivity contribution in [3.8, 4) is 0 Å². The summed E-state index contributed by atoms with van der Waals surface area (Å²) in [6, 6.07) is 4.00. The number of hydrogen-bond acceptors (Lipinski definition) is 4. The largest absolute Gasteiger partial charge is 0.296 e. The van der Waals surface area contributed by atoms with Gasteiger partial charge in [0.15, 0.2) is 0 Å². The lowest BCUT2D eigenvalue weighted by atomic mass is 10.2. The summed E-state index contributed by atoms with van der Waals surface area (Å²) in [5, 5.41) is 0. The summed E-state index contributed by atoms with van der Waals surface area (Å²) in [7, 11) is -3.28. The van der Waals surface area contributed by atoms with Crippen LogP contribution in [0.15, 0.2) is 24.5 Å². The van der Waals surface area contributed by atoms with E-state index in [0.717, 1.165) is 45.3 Å². The number of pyridine rings is 1. The number of aromatic nitrogens is 1. The van der Waals surface area contributed by atoms with E-state index >= 15 is 0 Å². The van der Waals surface area contributed by atoms with Crippen LogP contribution in [0.1, 0.15) is 31.2 Å². The quantitative estimate of drug-likeness (QED) is 0.831. The molecule has 3 heterocycles. The first-order valence-corrected chi connectivity index (χ1v) is 9.92. The molecule has 0 atom stereocenters. The average Bonchev–Trinajstić information content (AvgIpc) is 2.86. The Kier molecular flexibility index (Phi) is 5.63. The molecule has 2 aliphatic heterocycles. The Morgan fingerprint density at radius 1 is 0.913 bits per heavy atom. The van der Waals surface area contributed by atoms with Crippen molar-refractivity contribution in [1.82, 2.24) is 18.5 Å². The maximum atomic E-state index is 12.8. The van der Waals surface area contributed by atoms with Gasteiger partial charge in [-0.1, -0.05) is 18.9 Å². The Morgan fingerprint density at radius 3 is 2.17 bits per heavy atom. The Bertz CT molecular complexity index is 577. The normalized spacial score (nSPS) is 22.8. The first-order valence-electron chi connectivity index (χ1n) is 8.53. The second-order valence-electron chi connectivity index (χ2n) is 6.36. The van der Waals surface area contributed by atoms with Crippen molar-refractivity contribution < 1.29 is 8.42 Å². The maximum Gasteiger partial charge on any atom is 0.282 e. The van der Waals surface area contributed by atoms with E-state index in [0.29, 0.717) is 26.2 Å². The lowest BCUT2D eigenvalue weighted by molar-refractivity contribution is 0.174. The van der Waals surface area contributed by atoms with Gasteiger partial charge in [-0.15, -0.1) is 0 Å². The van der Waals surface area contributed by atoms with Crippen LogP contribution in [0.3, 0.4) is 0 Å². The van der Waals surface area contributed by atoms with Gasteiger partial charge in [0.05, 0.1) is 0 Å². The van der Waals surface area contributed by atoms with Crippen LogP contribution in [-0.4, -0.2) is 66.2 Å². The second kappa shape index (κ2) is 7.70. The van der Waals surface area contributed by atoms with E-state index in [4.69, 9.17) is 0 Å². The lowest BCUT2D eigenvalue weighted by Crippen LogP contribution is -2.52. The SMILES string of the molecule is O=S(=O)(N1CCCCCC1)N1CCN(Cc2cccnc2)CC1. The van der Waals surface area contributed by atoms with Crippen molar-refractivity contribution in [2.24, 2.45) is 0 Å². The highest BCUT2D eigenvalue weighted by atomic mass is 32.2. The molecule has 0 saturated carbocycles. The van der Waals surface area contributed by atoms with Gasteiger partial charge in [0.25, 0.3) is 10.2 Å². The summed E-state index contributed by atoms with van der Waals surface area (Å²) in [4.78, 5) is 6.43. The Labute approximate surface area is 139 Å².